The van der Waals surface area contributed by atoms with Crippen molar-refractivity contribution in [3.63, 3.8) is 0 Å². The molecule has 32 heavy (non-hydrogen) atoms. The molecule has 1 saturated heterocycles. The molecule has 0 bridgehead atoms. The van der Waals surface area contributed by atoms with Crippen molar-refractivity contribution in [2.45, 2.75) is 43.5 Å². The molecule has 1 fully saturated rings. The molecule has 1 atom stereocenters. The van der Waals surface area contributed by atoms with Crippen LogP contribution in [0.5, 0.6) is 0 Å². The Balaban J connectivity index is 1.31. The molecule has 1 aliphatic carbocycles. The van der Waals surface area contributed by atoms with E-state index in [4.69, 9.17) is 0 Å². The number of fused-ring (bicyclic) bond motifs is 2. The number of para-hydroxylation sites is 1. The molecule has 1 unspecified atom stereocenters. The molecule has 0 saturated carbocycles. The van der Waals surface area contributed by atoms with Gasteiger partial charge in [-0.2, -0.15) is 4.31 Å². The van der Waals surface area contributed by atoms with Crippen LogP contribution in [0, 0.1) is 0 Å². The van der Waals surface area contributed by atoms with E-state index in [-0.39, 0.29) is 11.6 Å². The largest absolute Gasteiger partial charge is 0.309 e. The van der Waals surface area contributed by atoms with Crippen molar-refractivity contribution >= 4 is 20.9 Å². The number of nitrogens with zero attached hydrogens (tertiary/aromatic N) is 3. The first-order valence-electron chi connectivity index (χ1n) is 11.3. The van der Waals surface area contributed by atoms with E-state index >= 15 is 0 Å². The first kappa shape index (κ1) is 21.3. The number of aromatic amines is 1. The SMILES string of the molecule is CC(c1nc2ccccc2c(=O)[nH]1)N1CCN(S(=O)(=O)c2ccc3c(c2)CCCC3)CC1. The second-order valence-electron chi connectivity index (χ2n) is 8.72. The average molecular weight is 453 g/mol. The summed E-state index contributed by atoms with van der Waals surface area (Å²) in [7, 11) is -3.51. The number of piperazine rings is 1. The molecule has 1 aliphatic heterocycles. The highest BCUT2D eigenvalue weighted by atomic mass is 32.2. The summed E-state index contributed by atoms with van der Waals surface area (Å²) in [4.78, 5) is 22.5. The molecule has 2 heterocycles. The van der Waals surface area contributed by atoms with Gasteiger partial charge in [0.1, 0.15) is 5.82 Å². The van der Waals surface area contributed by atoms with E-state index < -0.39 is 10.0 Å². The monoisotopic (exact) mass is 452 g/mol. The molecule has 1 N–H and O–H groups in total. The predicted octanol–water partition coefficient (Wildman–Crippen LogP) is 2.87. The normalized spacial score (nSPS) is 19.0. The number of aryl methyl sites for hydroxylation is 2. The summed E-state index contributed by atoms with van der Waals surface area (Å²) in [6, 6.07) is 12.8. The van der Waals surface area contributed by atoms with E-state index in [0.717, 1.165) is 19.3 Å². The van der Waals surface area contributed by atoms with Crippen LogP contribution < -0.4 is 5.56 Å². The lowest BCUT2D eigenvalue weighted by Crippen LogP contribution is -2.49. The zero-order chi connectivity index (χ0) is 22.3. The summed E-state index contributed by atoms with van der Waals surface area (Å²) in [5.41, 5.74) is 2.99. The first-order valence-corrected chi connectivity index (χ1v) is 12.7. The molecule has 1 aromatic heterocycles. The van der Waals surface area contributed by atoms with Crippen molar-refractivity contribution in [1.82, 2.24) is 19.2 Å². The highest BCUT2D eigenvalue weighted by molar-refractivity contribution is 7.89. The zero-order valence-electron chi connectivity index (χ0n) is 18.3. The van der Waals surface area contributed by atoms with Gasteiger partial charge >= 0.3 is 0 Å². The maximum absolute atomic E-state index is 13.3. The molecule has 0 spiro atoms. The van der Waals surface area contributed by atoms with Crippen molar-refractivity contribution < 1.29 is 8.42 Å². The minimum atomic E-state index is -3.51. The number of sulfonamides is 1. The van der Waals surface area contributed by atoms with Crippen LogP contribution in [0.3, 0.4) is 0 Å². The van der Waals surface area contributed by atoms with E-state index in [1.807, 2.05) is 37.3 Å². The van der Waals surface area contributed by atoms with Gasteiger partial charge in [0.15, 0.2) is 0 Å². The van der Waals surface area contributed by atoms with Gasteiger partial charge in [-0.1, -0.05) is 18.2 Å². The van der Waals surface area contributed by atoms with Crippen molar-refractivity contribution in [2.75, 3.05) is 26.2 Å². The van der Waals surface area contributed by atoms with Crippen LogP contribution in [0.4, 0.5) is 0 Å². The van der Waals surface area contributed by atoms with Crippen LogP contribution in [0.1, 0.15) is 42.8 Å². The topological polar surface area (TPSA) is 86.4 Å². The Kier molecular flexibility index (Phi) is 5.61. The van der Waals surface area contributed by atoms with Crippen molar-refractivity contribution in [3.05, 3.63) is 69.8 Å². The summed E-state index contributed by atoms with van der Waals surface area (Å²) in [6.07, 6.45) is 4.30. The van der Waals surface area contributed by atoms with Crippen LogP contribution in [-0.2, 0) is 22.9 Å². The maximum atomic E-state index is 13.3. The van der Waals surface area contributed by atoms with E-state index in [2.05, 4.69) is 14.9 Å². The lowest BCUT2D eigenvalue weighted by atomic mass is 9.92. The van der Waals surface area contributed by atoms with Gasteiger partial charge in [0, 0.05) is 26.2 Å². The Bertz CT molecular complexity index is 1310. The number of H-pyrrole nitrogens is 1. The highest BCUT2D eigenvalue weighted by Crippen LogP contribution is 2.27. The predicted molar refractivity (Wildman–Crippen MR) is 124 cm³/mol. The highest BCUT2D eigenvalue weighted by Gasteiger charge is 2.31. The van der Waals surface area contributed by atoms with E-state index in [1.54, 1.807) is 16.4 Å². The van der Waals surface area contributed by atoms with Crippen LogP contribution in [0.25, 0.3) is 10.9 Å². The zero-order valence-corrected chi connectivity index (χ0v) is 19.1. The van der Waals surface area contributed by atoms with Gasteiger partial charge in [-0.05, 0) is 68.0 Å². The van der Waals surface area contributed by atoms with Gasteiger partial charge in [0.2, 0.25) is 10.0 Å². The summed E-state index contributed by atoms with van der Waals surface area (Å²) in [5.74, 6) is 0.611. The Morgan fingerprint density at radius 1 is 0.969 bits per heavy atom. The number of benzene rings is 2. The molecule has 168 valence electrons. The fourth-order valence-corrected chi connectivity index (χ4v) is 6.30. The second kappa shape index (κ2) is 8.42. The van der Waals surface area contributed by atoms with Crippen molar-refractivity contribution in [3.8, 4) is 0 Å². The molecule has 2 aliphatic rings. The van der Waals surface area contributed by atoms with Crippen LogP contribution >= 0.6 is 0 Å². The third-order valence-electron chi connectivity index (χ3n) is 6.81. The molecule has 2 aromatic carbocycles. The summed E-state index contributed by atoms with van der Waals surface area (Å²) in [5, 5.41) is 0.574. The van der Waals surface area contributed by atoms with E-state index in [9.17, 15) is 13.2 Å². The van der Waals surface area contributed by atoms with E-state index in [0.29, 0.717) is 47.8 Å². The van der Waals surface area contributed by atoms with Gasteiger partial charge in [-0.15, -0.1) is 0 Å². The number of aromatic nitrogens is 2. The average Bonchev–Trinajstić information content (AvgIpc) is 2.83. The summed E-state index contributed by atoms with van der Waals surface area (Å²) >= 11 is 0. The molecular formula is C24H28N4O3S. The standard InChI is InChI=1S/C24H28N4O3S/c1-17(23-25-22-9-5-4-8-21(22)24(29)26-23)27-12-14-28(15-13-27)32(30,31)20-11-10-18-6-2-3-7-19(18)16-20/h4-5,8-11,16-17H,2-3,6-7,12-15H2,1H3,(H,25,26,29). The van der Waals surface area contributed by atoms with Crippen LogP contribution in [0.15, 0.2) is 52.2 Å². The van der Waals surface area contributed by atoms with Crippen molar-refractivity contribution in [1.29, 1.82) is 0 Å². The third-order valence-corrected chi connectivity index (χ3v) is 8.70. The van der Waals surface area contributed by atoms with Crippen LogP contribution in [-0.4, -0.2) is 53.8 Å². The van der Waals surface area contributed by atoms with E-state index in [1.165, 1.54) is 17.5 Å². The molecule has 7 nitrogen and oxygen atoms in total. The van der Waals surface area contributed by atoms with Gasteiger partial charge in [-0.3, -0.25) is 9.69 Å². The second-order valence-corrected chi connectivity index (χ2v) is 10.7. The first-order chi connectivity index (χ1) is 15.4. The van der Waals surface area contributed by atoms with Gasteiger partial charge < -0.3 is 4.98 Å². The fraction of sp³-hybridized carbons (Fsp3) is 0.417. The molecule has 8 heteroatoms. The molecule has 3 aromatic rings. The molecule has 5 rings (SSSR count). The molecular weight excluding hydrogens is 424 g/mol. The van der Waals surface area contributed by atoms with Crippen molar-refractivity contribution in [2.24, 2.45) is 0 Å². The Morgan fingerprint density at radius 2 is 1.69 bits per heavy atom. The summed E-state index contributed by atoms with van der Waals surface area (Å²) in [6.45, 7) is 4.01. The maximum Gasteiger partial charge on any atom is 0.258 e. The minimum absolute atomic E-state index is 0.110. The Labute approximate surface area is 188 Å². The lowest BCUT2D eigenvalue weighted by molar-refractivity contribution is 0.141. The minimum Gasteiger partial charge on any atom is -0.309 e. The number of rotatable bonds is 4. The third kappa shape index (κ3) is 3.87. The quantitative estimate of drug-likeness (QED) is 0.658. The smallest absolute Gasteiger partial charge is 0.258 e. The summed E-state index contributed by atoms with van der Waals surface area (Å²) < 4.78 is 28.1. The van der Waals surface area contributed by atoms with Gasteiger partial charge in [0.25, 0.3) is 5.56 Å². The number of nitrogens with one attached hydrogen (secondary N) is 1. The Morgan fingerprint density at radius 3 is 2.47 bits per heavy atom. The number of hydrogen-bond donors (Lipinski definition) is 1. The number of hydrogen-bond acceptors (Lipinski definition) is 5. The van der Waals surface area contributed by atoms with Gasteiger partial charge in [0.05, 0.1) is 21.8 Å². The molecule has 0 amide bonds. The van der Waals surface area contributed by atoms with Crippen LogP contribution in [0.2, 0.25) is 0 Å². The Hall–Kier alpha value is -2.55. The molecule has 0 radical (unpaired) electrons. The fourth-order valence-electron chi connectivity index (χ4n) is 4.83. The lowest BCUT2D eigenvalue weighted by Gasteiger charge is -2.37. The van der Waals surface area contributed by atoms with Gasteiger partial charge in [-0.25, -0.2) is 13.4 Å².